The second-order valence-corrected chi connectivity index (χ2v) is 7.99. The SMILES string of the molecule is CCCCCCCCOc1ccc(C2CC=C(c3cccc(F)c3F)CC2)cc1. The Bertz CT molecular complexity index is 795. The Balaban J connectivity index is 1.47. The molecule has 0 saturated carbocycles. The van der Waals surface area contributed by atoms with Gasteiger partial charge in [-0.05, 0) is 60.9 Å². The van der Waals surface area contributed by atoms with Gasteiger partial charge in [-0.1, -0.05) is 69.4 Å². The molecule has 156 valence electrons. The number of allylic oxidation sites excluding steroid dienone is 2. The molecule has 0 radical (unpaired) electrons. The molecule has 0 spiro atoms. The van der Waals surface area contributed by atoms with E-state index in [9.17, 15) is 8.78 Å². The molecule has 0 aromatic heterocycles. The fourth-order valence-electron chi connectivity index (χ4n) is 4.04. The predicted molar refractivity (Wildman–Crippen MR) is 116 cm³/mol. The van der Waals surface area contributed by atoms with Crippen LogP contribution in [0.5, 0.6) is 5.75 Å². The molecule has 0 N–H and O–H groups in total. The lowest BCUT2D eigenvalue weighted by Crippen LogP contribution is -2.05. The summed E-state index contributed by atoms with van der Waals surface area (Å²) in [6.07, 6.45) is 12.2. The Kier molecular flexibility index (Phi) is 8.27. The highest BCUT2D eigenvalue weighted by Gasteiger charge is 2.20. The summed E-state index contributed by atoms with van der Waals surface area (Å²) in [5.41, 5.74) is 2.60. The van der Waals surface area contributed by atoms with Crippen molar-refractivity contribution in [1.29, 1.82) is 0 Å². The van der Waals surface area contributed by atoms with Crippen molar-refractivity contribution in [3.8, 4) is 5.75 Å². The minimum atomic E-state index is -0.776. The molecule has 0 amide bonds. The summed E-state index contributed by atoms with van der Waals surface area (Å²) in [6, 6.07) is 12.8. The molecule has 29 heavy (non-hydrogen) atoms. The quantitative estimate of drug-likeness (QED) is 0.368. The molecule has 1 unspecified atom stereocenters. The standard InChI is InChI=1S/C26H32F2O/c1-2-3-4-5-6-7-19-29-23-17-15-21(16-18-23)20-11-13-22(14-12-20)24-9-8-10-25(27)26(24)28/h8-10,13,15-18,20H,2-7,11-12,14,19H2,1H3. The van der Waals surface area contributed by atoms with E-state index in [1.807, 2.05) is 0 Å². The number of ether oxygens (including phenoxy) is 1. The van der Waals surface area contributed by atoms with Crippen molar-refractivity contribution in [2.24, 2.45) is 0 Å². The zero-order valence-corrected chi connectivity index (χ0v) is 17.4. The number of halogens is 2. The van der Waals surface area contributed by atoms with Crippen molar-refractivity contribution in [3.63, 3.8) is 0 Å². The first kappa shape index (κ1) is 21.5. The lowest BCUT2D eigenvalue weighted by atomic mass is 9.82. The minimum absolute atomic E-state index is 0.405. The third kappa shape index (κ3) is 6.16. The Labute approximate surface area is 173 Å². The smallest absolute Gasteiger partial charge is 0.166 e. The van der Waals surface area contributed by atoms with E-state index in [0.29, 0.717) is 11.5 Å². The Morgan fingerprint density at radius 1 is 0.931 bits per heavy atom. The van der Waals surface area contributed by atoms with Crippen molar-refractivity contribution >= 4 is 5.57 Å². The molecular weight excluding hydrogens is 366 g/mol. The third-order valence-corrected chi connectivity index (χ3v) is 5.83. The van der Waals surface area contributed by atoms with Gasteiger partial charge in [0, 0.05) is 5.56 Å². The maximum atomic E-state index is 14.0. The molecule has 0 heterocycles. The van der Waals surface area contributed by atoms with Gasteiger partial charge in [0.05, 0.1) is 6.61 Å². The van der Waals surface area contributed by atoms with E-state index in [2.05, 4.69) is 37.3 Å². The fraction of sp³-hybridized carbons (Fsp3) is 0.462. The summed E-state index contributed by atoms with van der Waals surface area (Å²) < 4.78 is 33.4. The summed E-state index contributed by atoms with van der Waals surface area (Å²) in [5, 5.41) is 0. The molecule has 1 aliphatic rings. The minimum Gasteiger partial charge on any atom is -0.494 e. The van der Waals surface area contributed by atoms with Crippen LogP contribution < -0.4 is 4.74 Å². The van der Waals surface area contributed by atoms with Crippen LogP contribution in [0.1, 0.15) is 81.8 Å². The van der Waals surface area contributed by atoms with Gasteiger partial charge in [0.2, 0.25) is 0 Å². The largest absolute Gasteiger partial charge is 0.494 e. The van der Waals surface area contributed by atoms with Crippen molar-refractivity contribution in [3.05, 3.63) is 71.3 Å². The second kappa shape index (κ2) is 11.1. The molecule has 0 bridgehead atoms. The first-order chi connectivity index (χ1) is 14.2. The number of unbranched alkanes of at least 4 members (excludes halogenated alkanes) is 5. The first-order valence-electron chi connectivity index (χ1n) is 11.0. The van der Waals surface area contributed by atoms with Gasteiger partial charge >= 0.3 is 0 Å². The van der Waals surface area contributed by atoms with Crippen LogP contribution in [-0.4, -0.2) is 6.61 Å². The molecule has 3 heteroatoms. The fourth-order valence-corrected chi connectivity index (χ4v) is 4.04. The van der Waals surface area contributed by atoms with E-state index >= 15 is 0 Å². The molecule has 1 aliphatic carbocycles. The van der Waals surface area contributed by atoms with Gasteiger partial charge in [-0.15, -0.1) is 0 Å². The molecule has 0 aliphatic heterocycles. The van der Waals surface area contributed by atoms with Crippen molar-refractivity contribution in [2.45, 2.75) is 70.6 Å². The van der Waals surface area contributed by atoms with Gasteiger partial charge in [0.15, 0.2) is 11.6 Å². The van der Waals surface area contributed by atoms with Crippen molar-refractivity contribution in [1.82, 2.24) is 0 Å². The summed E-state index contributed by atoms with van der Waals surface area (Å²) >= 11 is 0. The first-order valence-corrected chi connectivity index (χ1v) is 11.0. The van der Waals surface area contributed by atoms with Gasteiger partial charge < -0.3 is 4.74 Å². The molecule has 0 saturated heterocycles. The van der Waals surface area contributed by atoms with Crippen LogP contribution in [-0.2, 0) is 0 Å². The zero-order valence-electron chi connectivity index (χ0n) is 17.4. The molecule has 1 nitrogen and oxygen atoms in total. The van der Waals surface area contributed by atoms with E-state index in [-0.39, 0.29) is 0 Å². The highest BCUT2D eigenvalue weighted by molar-refractivity contribution is 5.67. The van der Waals surface area contributed by atoms with Crippen molar-refractivity contribution in [2.75, 3.05) is 6.61 Å². The average molecular weight is 399 g/mol. The molecule has 2 aromatic carbocycles. The maximum Gasteiger partial charge on any atom is 0.166 e. The van der Waals surface area contributed by atoms with Crippen LogP contribution in [0.2, 0.25) is 0 Å². The summed E-state index contributed by atoms with van der Waals surface area (Å²) in [4.78, 5) is 0. The van der Waals surface area contributed by atoms with Gasteiger partial charge in [-0.25, -0.2) is 8.78 Å². The zero-order chi connectivity index (χ0) is 20.5. The van der Waals surface area contributed by atoms with E-state index in [1.165, 1.54) is 43.7 Å². The number of benzene rings is 2. The van der Waals surface area contributed by atoms with Crippen LogP contribution >= 0.6 is 0 Å². The predicted octanol–water partition coefficient (Wildman–Crippen LogP) is 8.06. The highest BCUT2D eigenvalue weighted by atomic mass is 19.2. The summed E-state index contributed by atoms with van der Waals surface area (Å²) in [7, 11) is 0. The van der Waals surface area contributed by atoms with Crippen LogP contribution in [0.3, 0.4) is 0 Å². The molecule has 2 aromatic rings. The topological polar surface area (TPSA) is 9.23 Å². The van der Waals surface area contributed by atoms with Crippen LogP contribution in [0.4, 0.5) is 8.78 Å². The monoisotopic (exact) mass is 398 g/mol. The third-order valence-electron chi connectivity index (χ3n) is 5.83. The lowest BCUT2D eigenvalue weighted by Gasteiger charge is -2.23. The van der Waals surface area contributed by atoms with Crippen LogP contribution in [0, 0.1) is 11.6 Å². The van der Waals surface area contributed by atoms with Gasteiger partial charge in [0.1, 0.15) is 5.75 Å². The van der Waals surface area contributed by atoms with Gasteiger partial charge in [-0.2, -0.15) is 0 Å². The number of rotatable bonds is 10. The highest BCUT2D eigenvalue weighted by Crippen LogP contribution is 2.37. The van der Waals surface area contributed by atoms with Crippen LogP contribution in [0.25, 0.3) is 5.57 Å². The maximum absolute atomic E-state index is 14.0. The van der Waals surface area contributed by atoms with Gasteiger partial charge in [-0.3, -0.25) is 0 Å². The molecule has 0 fully saturated rings. The van der Waals surface area contributed by atoms with Gasteiger partial charge in [0.25, 0.3) is 0 Å². The van der Waals surface area contributed by atoms with E-state index in [4.69, 9.17) is 4.74 Å². The molecule has 3 rings (SSSR count). The molecular formula is C26H32F2O. The summed E-state index contributed by atoms with van der Waals surface area (Å²) in [6.45, 7) is 3.01. The number of hydrogen-bond acceptors (Lipinski definition) is 1. The average Bonchev–Trinajstić information content (AvgIpc) is 2.76. The Morgan fingerprint density at radius 2 is 1.69 bits per heavy atom. The van der Waals surface area contributed by atoms with E-state index in [1.54, 1.807) is 12.1 Å². The Morgan fingerprint density at radius 3 is 2.41 bits per heavy atom. The number of hydrogen-bond donors (Lipinski definition) is 0. The van der Waals surface area contributed by atoms with Crippen molar-refractivity contribution < 1.29 is 13.5 Å². The van der Waals surface area contributed by atoms with E-state index < -0.39 is 11.6 Å². The molecule has 1 atom stereocenters. The summed E-state index contributed by atoms with van der Waals surface area (Å²) in [5.74, 6) is -0.162. The van der Waals surface area contributed by atoms with E-state index in [0.717, 1.165) is 43.6 Å². The lowest BCUT2D eigenvalue weighted by molar-refractivity contribution is 0.304. The second-order valence-electron chi connectivity index (χ2n) is 7.99. The Hall–Kier alpha value is -2.16. The van der Waals surface area contributed by atoms with Crippen LogP contribution in [0.15, 0.2) is 48.5 Å². The normalized spacial score (nSPS) is 16.5.